The molecule has 0 saturated carbocycles. The molecule has 0 aromatic heterocycles. The van der Waals surface area contributed by atoms with Crippen molar-refractivity contribution in [3.8, 4) is 0 Å². The number of hydrogen-bond donors (Lipinski definition) is 2. The average molecular weight is 221 g/mol. The summed E-state index contributed by atoms with van der Waals surface area (Å²) in [7, 11) is 0. The molecule has 2 rings (SSSR count). The van der Waals surface area contributed by atoms with Gasteiger partial charge in [0.2, 0.25) is 0 Å². The second kappa shape index (κ2) is 5.43. The van der Waals surface area contributed by atoms with Gasteiger partial charge in [-0.2, -0.15) is 0 Å². The molecule has 1 aliphatic rings. The molecule has 88 valence electrons. The lowest BCUT2D eigenvalue weighted by Gasteiger charge is -2.20. The zero-order valence-corrected chi connectivity index (χ0v) is 9.60. The van der Waals surface area contributed by atoms with Crippen LogP contribution in [0, 0.1) is 0 Å². The predicted molar refractivity (Wildman–Crippen MR) is 63.4 cm³/mol. The lowest BCUT2D eigenvalue weighted by Crippen LogP contribution is -2.44. The predicted octanol–water partition coefficient (Wildman–Crippen LogP) is 0.967. The number of nitrogens with one attached hydrogen (secondary N) is 1. The highest BCUT2D eigenvalue weighted by Crippen LogP contribution is 2.08. The van der Waals surface area contributed by atoms with Crippen molar-refractivity contribution in [1.29, 1.82) is 0 Å². The quantitative estimate of drug-likeness (QED) is 0.796. The van der Waals surface area contributed by atoms with Gasteiger partial charge in [0.15, 0.2) is 0 Å². The Balaban J connectivity index is 1.82. The van der Waals surface area contributed by atoms with Gasteiger partial charge < -0.3 is 15.2 Å². The molecule has 3 unspecified atom stereocenters. The molecule has 3 heteroatoms. The minimum Gasteiger partial charge on any atom is -0.389 e. The number of aliphatic hydroxyl groups excluding tert-OH is 1. The highest BCUT2D eigenvalue weighted by molar-refractivity contribution is 5.15. The summed E-state index contributed by atoms with van der Waals surface area (Å²) >= 11 is 0. The third-order valence-electron chi connectivity index (χ3n) is 2.93. The van der Waals surface area contributed by atoms with Crippen LogP contribution in [0.5, 0.6) is 0 Å². The van der Waals surface area contributed by atoms with E-state index in [-0.39, 0.29) is 12.1 Å². The van der Waals surface area contributed by atoms with E-state index in [4.69, 9.17) is 4.74 Å². The maximum Gasteiger partial charge on any atom is 0.0948 e. The molecule has 0 aliphatic carbocycles. The fraction of sp³-hybridized carbons (Fsp3) is 0.538. The van der Waals surface area contributed by atoms with Crippen molar-refractivity contribution in [3.63, 3.8) is 0 Å². The van der Waals surface area contributed by atoms with Crippen LogP contribution in [0.3, 0.4) is 0 Å². The van der Waals surface area contributed by atoms with Crippen LogP contribution in [0.4, 0.5) is 0 Å². The number of ether oxygens (including phenoxy) is 1. The van der Waals surface area contributed by atoms with E-state index in [1.807, 2.05) is 6.07 Å². The molecule has 0 radical (unpaired) electrons. The van der Waals surface area contributed by atoms with Gasteiger partial charge in [0.05, 0.1) is 25.4 Å². The van der Waals surface area contributed by atoms with Crippen LogP contribution in [0.25, 0.3) is 0 Å². The van der Waals surface area contributed by atoms with Crippen LogP contribution in [-0.4, -0.2) is 36.5 Å². The Kier molecular flexibility index (Phi) is 3.93. The topological polar surface area (TPSA) is 41.5 Å². The molecule has 16 heavy (non-hydrogen) atoms. The van der Waals surface area contributed by atoms with E-state index in [1.54, 1.807) is 0 Å². The van der Waals surface area contributed by atoms with E-state index < -0.39 is 0 Å². The van der Waals surface area contributed by atoms with Crippen LogP contribution < -0.4 is 5.32 Å². The minimum absolute atomic E-state index is 0.0821. The molecule has 0 bridgehead atoms. The normalized spacial score (nSPS) is 26.9. The van der Waals surface area contributed by atoms with Gasteiger partial charge in [-0.15, -0.1) is 0 Å². The minimum atomic E-state index is -0.363. The van der Waals surface area contributed by atoms with Crippen LogP contribution >= 0.6 is 0 Å². The number of aliphatic hydroxyl groups is 1. The van der Waals surface area contributed by atoms with Crippen LogP contribution in [0.15, 0.2) is 30.3 Å². The summed E-state index contributed by atoms with van der Waals surface area (Å²) in [6.07, 6.45) is 0.613. The lowest BCUT2D eigenvalue weighted by molar-refractivity contribution is 0.121. The third kappa shape index (κ3) is 3.04. The van der Waals surface area contributed by atoms with Gasteiger partial charge in [-0.3, -0.25) is 0 Å². The van der Waals surface area contributed by atoms with Crippen molar-refractivity contribution < 1.29 is 9.84 Å². The monoisotopic (exact) mass is 221 g/mol. The third-order valence-corrected chi connectivity index (χ3v) is 2.93. The van der Waals surface area contributed by atoms with Gasteiger partial charge in [-0.25, -0.2) is 0 Å². The van der Waals surface area contributed by atoms with Crippen LogP contribution in [-0.2, 0) is 11.2 Å². The molecule has 1 saturated heterocycles. The van der Waals surface area contributed by atoms with Crippen molar-refractivity contribution >= 4 is 0 Å². The van der Waals surface area contributed by atoms with Crippen LogP contribution in [0.1, 0.15) is 12.5 Å². The van der Waals surface area contributed by atoms with Crippen LogP contribution in [0.2, 0.25) is 0 Å². The first-order chi connectivity index (χ1) is 7.75. The Hall–Kier alpha value is -0.900. The van der Waals surface area contributed by atoms with Gasteiger partial charge in [-0.05, 0) is 18.9 Å². The second-order valence-corrected chi connectivity index (χ2v) is 4.47. The molecule has 1 fully saturated rings. The molecular weight excluding hydrogens is 202 g/mol. The Bertz CT molecular complexity index is 315. The zero-order chi connectivity index (χ0) is 11.4. The van der Waals surface area contributed by atoms with E-state index in [9.17, 15) is 5.11 Å². The first kappa shape index (κ1) is 11.6. The summed E-state index contributed by atoms with van der Waals surface area (Å²) < 4.78 is 5.21. The molecule has 0 spiro atoms. The summed E-state index contributed by atoms with van der Waals surface area (Å²) in [6, 6.07) is 10.8. The standard InChI is InChI=1S/C13H19NO2/c1-10(7-11-5-3-2-4-6-11)14-12-8-16-9-13(12)15/h2-6,10,12-15H,7-9H2,1H3. The zero-order valence-electron chi connectivity index (χ0n) is 9.60. The smallest absolute Gasteiger partial charge is 0.0948 e. The maximum absolute atomic E-state index is 9.62. The molecule has 0 amide bonds. The summed E-state index contributed by atoms with van der Waals surface area (Å²) in [6.45, 7) is 3.20. The van der Waals surface area contributed by atoms with Gasteiger partial charge in [0, 0.05) is 6.04 Å². The van der Waals surface area contributed by atoms with E-state index in [0.717, 1.165) is 6.42 Å². The number of benzene rings is 1. The van der Waals surface area contributed by atoms with E-state index in [1.165, 1.54) is 5.56 Å². The Labute approximate surface area is 96.4 Å². The SMILES string of the molecule is CC(Cc1ccccc1)NC1COCC1O. The second-order valence-electron chi connectivity index (χ2n) is 4.47. The molecule has 1 aliphatic heterocycles. The van der Waals surface area contributed by atoms with Crippen molar-refractivity contribution in [2.45, 2.75) is 31.5 Å². The summed E-state index contributed by atoms with van der Waals surface area (Å²) in [5.74, 6) is 0. The molecule has 2 N–H and O–H groups in total. The van der Waals surface area contributed by atoms with Crippen molar-refractivity contribution in [3.05, 3.63) is 35.9 Å². The average Bonchev–Trinajstić information content (AvgIpc) is 2.66. The molecule has 1 heterocycles. The van der Waals surface area contributed by atoms with E-state index in [2.05, 4.69) is 36.5 Å². The van der Waals surface area contributed by atoms with Gasteiger partial charge in [-0.1, -0.05) is 30.3 Å². The fourth-order valence-corrected chi connectivity index (χ4v) is 2.09. The maximum atomic E-state index is 9.62. The molecule has 1 aromatic rings. The van der Waals surface area contributed by atoms with E-state index in [0.29, 0.717) is 19.3 Å². The Morgan fingerprint density at radius 1 is 1.38 bits per heavy atom. The number of hydrogen-bond acceptors (Lipinski definition) is 3. The Morgan fingerprint density at radius 2 is 2.12 bits per heavy atom. The van der Waals surface area contributed by atoms with Crippen molar-refractivity contribution in [2.75, 3.05) is 13.2 Å². The summed E-state index contributed by atoms with van der Waals surface area (Å²) in [5, 5.41) is 13.0. The highest BCUT2D eigenvalue weighted by Gasteiger charge is 2.26. The highest BCUT2D eigenvalue weighted by atomic mass is 16.5. The molecule has 1 aromatic carbocycles. The first-order valence-electron chi connectivity index (χ1n) is 5.81. The van der Waals surface area contributed by atoms with Crippen molar-refractivity contribution in [2.24, 2.45) is 0 Å². The molecule has 3 atom stereocenters. The first-order valence-corrected chi connectivity index (χ1v) is 5.81. The largest absolute Gasteiger partial charge is 0.389 e. The van der Waals surface area contributed by atoms with Gasteiger partial charge >= 0.3 is 0 Å². The molecular formula is C13H19NO2. The molecule has 3 nitrogen and oxygen atoms in total. The summed E-state index contributed by atoms with van der Waals surface area (Å²) in [5.41, 5.74) is 1.32. The summed E-state index contributed by atoms with van der Waals surface area (Å²) in [4.78, 5) is 0. The van der Waals surface area contributed by atoms with Gasteiger partial charge in [0.1, 0.15) is 0 Å². The lowest BCUT2D eigenvalue weighted by atomic mass is 10.1. The van der Waals surface area contributed by atoms with Gasteiger partial charge in [0.25, 0.3) is 0 Å². The van der Waals surface area contributed by atoms with E-state index >= 15 is 0 Å². The Morgan fingerprint density at radius 3 is 2.75 bits per heavy atom. The van der Waals surface area contributed by atoms with Crippen molar-refractivity contribution in [1.82, 2.24) is 5.32 Å². The number of rotatable bonds is 4. The fourth-order valence-electron chi connectivity index (χ4n) is 2.09.